The molecule has 0 aliphatic heterocycles. The summed E-state index contributed by atoms with van der Waals surface area (Å²) in [7, 11) is -3.79. The molecule has 0 fully saturated rings. The minimum Gasteiger partial charge on any atom is -0.286 e. The Morgan fingerprint density at radius 1 is 0.850 bits per heavy atom. The molecule has 1 rings (SSSR count). The van der Waals surface area contributed by atoms with Gasteiger partial charge in [-0.05, 0) is 43.2 Å². The average molecular weight is 298 g/mol. The molecule has 0 saturated carbocycles. The largest absolute Gasteiger partial charge is 0.286 e. The predicted octanol–water partition coefficient (Wildman–Crippen LogP) is 4.02. The quantitative estimate of drug-likeness (QED) is 0.524. The molecule has 0 saturated heterocycles. The van der Waals surface area contributed by atoms with Gasteiger partial charge in [0.1, 0.15) is 0 Å². The Bertz CT molecular complexity index is 463. The molecular weight excluding hydrogens is 272 g/mol. The molecule has 0 aliphatic rings. The first-order chi connectivity index (χ1) is 9.51. The number of aryl methyl sites for hydroxylation is 2. The minimum atomic E-state index is -3.79. The standard InChI is InChI=1S/C16H26O3S/c1-2-3-5-8-15-10-12-16(13-11-15)9-6-4-7-14-20(17,18)19/h10-13H,2-9,14H2,1H3,(H,17,18,19). The normalized spacial score (nSPS) is 11.7. The summed E-state index contributed by atoms with van der Waals surface area (Å²) < 4.78 is 29.8. The van der Waals surface area contributed by atoms with Crippen molar-refractivity contribution in [2.45, 2.75) is 58.3 Å². The Labute approximate surface area is 123 Å². The van der Waals surface area contributed by atoms with Gasteiger partial charge in [0.05, 0.1) is 5.75 Å². The first kappa shape index (κ1) is 17.2. The summed E-state index contributed by atoms with van der Waals surface area (Å²) in [5.74, 6) is -0.122. The van der Waals surface area contributed by atoms with Crippen LogP contribution < -0.4 is 0 Å². The van der Waals surface area contributed by atoms with E-state index in [1.165, 1.54) is 30.4 Å². The van der Waals surface area contributed by atoms with Gasteiger partial charge in [0, 0.05) is 0 Å². The minimum absolute atomic E-state index is 0.122. The van der Waals surface area contributed by atoms with Crippen molar-refractivity contribution in [1.29, 1.82) is 0 Å². The van der Waals surface area contributed by atoms with Gasteiger partial charge in [0.2, 0.25) is 0 Å². The molecule has 0 bridgehead atoms. The third kappa shape index (κ3) is 8.33. The molecule has 0 unspecified atom stereocenters. The molecule has 0 aliphatic carbocycles. The van der Waals surface area contributed by atoms with Crippen molar-refractivity contribution in [3.8, 4) is 0 Å². The lowest BCUT2D eigenvalue weighted by Gasteiger charge is -2.04. The molecule has 1 aromatic rings. The van der Waals surface area contributed by atoms with E-state index in [-0.39, 0.29) is 5.75 Å². The van der Waals surface area contributed by atoms with Crippen LogP contribution in [-0.4, -0.2) is 18.7 Å². The Hall–Kier alpha value is -0.870. The number of hydrogen-bond donors (Lipinski definition) is 1. The van der Waals surface area contributed by atoms with E-state index in [1.807, 2.05) is 0 Å². The van der Waals surface area contributed by atoms with Crippen LogP contribution in [0.15, 0.2) is 24.3 Å². The number of hydrogen-bond acceptors (Lipinski definition) is 2. The Morgan fingerprint density at radius 2 is 1.35 bits per heavy atom. The first-order valence-corrected chi connectivity index (χ1v) is 9.15. The maximum absolute atomic E-state index is 10.6. The van der Waals surface area contributed by atoms with Crippen LogP contribution in [0.25, 0.3) is 0 Å². The number of rotatable bonds is 10. The fourth-order valence-electron chi connectivity index (χ4n) is 2.24. The summed E-state index contributed by atoms with van der Waals surface area (Å²) in [5, 5.41) is 0. The third-order valence-corrected chi connectivity index (χ3v) is 4.26. The van der Waals surface area contributed by atoms with Gasteiger partial charge in [0.25, 0.3) is 10.1 Å². The Morgan fingerprint density at radius 3 is 1.80 bits per heavy atom. The lowest BCUT2D eigenvalue weighted by atomic mass is 10.0. The Balaban J connectivity index is 2.21. The van der Waals surface area contributed by atoms with Crippen molar-refractivity contribution in [3.05, 3.63) is 35.4 Å². The number of unbranched alkanes of at least 4 members (excludes halogenated alkanes) is 4. The van der Waals surface area contributed by atoms with Crippen molar-refractivity contribution in [1.82, 2.24) is 0 Å². The summed E-state index contributed by atoms with van der Waals surface area (Å²) in [6.07, 6.45) is 8.25. The Kier molecular flexibility index (Phi) is 7.85. The predicted molar refractivity (Wildman–Crippen MR) is 83.6 cm³/mol. The highest BCUT2D eigenvalue weighted by Gasteiger charge is 2.03. The van der Waals surface area contributed by atoms with Gasteiger partial charge >= 0.3 is 0 Å². The van der Waals surface area contributed by atoms with Gasteiger partial charge in [-0.3, -0.25) is 4.55 Å². The van der Waals surface area contributed by atoms with Crippen LogP contribution in [0.4, 0.5) is 0 Å². The van der Waals surface area contributed by atoms with Crippen LogP contribution in [0.3, 0.4) is 0 Å². The summed E-state index contributed by atoms with van der Waals surface area (Å²) in [5.41, 5.74) is 2.70. The van der Waals surface area contributed by atoms with E-state index < -0.39 is 10.1 Å². The molecule has 4 heteroatoms. The highest BCUT2D eigenvalue weighted by Crippen LogP contribution is 2.11. The van der Waals surface area contributed by atoms with Crippen LogP contribution in [0.2, 0.25) is 0 Å². The molecule has 0 aromatic heterocycles. The van der Waals surface area contributed by atoms with E-state index in [2.05, 4.69) is 31.2 Å². The summed E-state index contributed by atoms with van der Waals surface area (Å²) in [4.78, 5) is 0. The maximum atomic E-state index is 10.6. The van der Waals surface area contributed by atoms with Gasteiger partial charge < -0.3 is 0 Å². The van der Waals surface area contributed by atoms with E-state index in [9.17, 15) is 8.42 Å². The lowest BCUT2D eigenvalue weighted by molar-refractivity contribution is 0.479. The maximum Gasteiger partial charge on any atom is 0.264 e. The van der Waals surface area contributed by atoms with Gasteiger partial charge in [-0.1, -0.05) is 50.5 Å². The first-order valence-electron chi connectivity index (χ1n) is 7.54. The highest BCUT2D eigenvalue weighted by molar-refractivity contribution is 7.85. The second-order valence-corrected chi connectivity index (χ2v) is 6.94. The molecule has 114 valence electrons. The van der Waals surface area contributed by atoms with Gasteiger partial charge in [0.15, 0.2) is 0 Å². The fraction of sp³-hybridized carbons (Fsp3) is 0.625. The summed E-state index contributed by atoms with van der Waals surface area (Å²) in [6.45, 7) is 2.21. The molecule has 0 heterocycles. The molecule has 1 N–H and O–H groups in total. The van der Waals surface area contributed by atoms with Crippen LogP contribution in [-0.2, 0) is 23.0 Å². The van der Waals surface area contributed by atoms with Crippen molar-refractivity contribution in [2.75, 3.05) is 5.75 Å². The molecular formula is C16H26O3S. The molecule has 0 radical (unpaired) electrons. The molecule has 20 heavy (non-hydrogen) atoms. The van der Waals surface area contributed by atoms with Crippen molar-refractivity contribution < 1.29 is 13.0 Å². The van der Waals surface area contributed by atoms with E-state index >= 15 is 0 Å². The lowest BCUT2D eigenvalue weighted by Crippen LogP contribution is -2.03. The second kappa shape index (κ2) is 9.14. The van der Waals surface area contributed by atoms with Crippen LogP contribution in [0.1, 0.15) is 56.6 Å². The van der Waals surface area contributed by atoms with Gasteiger partial charge in [-0.25, -0.2) is 0 Å². The second-order valence-electron chi connectivity index (χ2n) is 5.37. The highest BCUT2D eigenvalue weighted by atomic mass is 32.2. The van der Waals surface area contributed by atoms with Crippen LogP contribution in [0.5, 0.6) is 0 Å². The van der Waals surface area contributed by atoms with E-state index in [4.69, 9.17) is 4.55 Å². The molecule has 0 spiro atoms. The molecule has 3 nitrogen and oxygen atoms in total. The topological polar surface area (TPSA) is 54.4 Å². The van der Waals surface area contributed by atoms with Gasteiger partial charge in [-0.2, -0.15) is 8.42 Å². The van der Waals surface area contributed by atoms with Crippen molar-refractivity contribution >= 4 is 10.1 Å². The zero-order chi connectivity index (χ0) is 14.8. The van der Waals surface area contributed by atoms with Gasteiger partial charge in [-0.15, -0.1) is 0 Å². The summed E-state index contributed by atoms with van der Waals surface area (Å²) >= 11 is 0. The monoisotopic (exact) mass is 298 g/mol. The van der Waals surface area contributed by atoms with Crippen LogP contribution >= 0.6 is 0 Å². The average Bonchev–Trinajstić information content (AvgIpc) is 2.39. The van der Waals surface area contributed by atoms with E-state index in [0.29, 0.717) is 6.42 Å². The zero-order valence-electron chi connectivity index (χ0n) is 12.3. The third-order valence-electron chi connectivity index (χ3n) is 3.46. The van der Waals surface area contributed by atoms with E-state index in [1.54, 1.807) is 0 Å². The summed E-state index contributed by atoms with van der Waals surface area (Å²) in [6, 6.07) is 8.74. The molecule has 1 aromatic carbocycles. The van der Waals surface area contributed by atoms with Crippen molar-refractivity contribution in [3.63, 3.8) is 0 Å². The molecule has 0 amide bonds. The SMILES string of the molecule is CCCCCc1ccc(CCCCCS(=O)(=O)O)cc1. The smallest absolute Gasteiger partial charge is 0.264 e. The fourth-order valence-corrected chi connectivity index (χ4v) is 2.81. The number of benzene rings is 1. The van der Waals surface area contributed by atoms with Crippen molar-refractivity contribution in [2.24, 2.45) is 0 Å². The van der Waals surface area contributed by atoms with E-state index in [0.717, 1.165) is 25.7 Å². The van der Waals surface area contributed by atoms with Crippen LogP contribution in [0, 0.1) is 0 Å². The molecule has 0 atom stereocenters. The zero-order valence-corrected chi connectivity index (χ0v) is 13.2.